The maximum absolute atomic E-state index is 12.0. The second kappa shape index (κ2) is 7.29. The van der Waals surface area contributed by atoms with Crippen LogP contribution in [0.1, 0.15) is 10.4 Å². The van der Waals surface area contributed by atoms with Crippen molar-refractivity contribution >= 4 is 59.6 Å². The van der Waals surface area contributed by atoms with Crippen LogP contribution in [0.2, 0.25) is 0 Å². The Morgan fingerprint density at radius 1 is 0.964 bits per heavy atom. The van der Waals surface area contributed by atoms with Gasteiger partial charge < -0.3 is 9.52 Å². The Morgan fingerprint density at radius 3 is 2.50 bits per heavy atom. The van der Waals surface area contributed by atoms with Gasteiger partial charge in [-0.25, -0.2) is 9.59 Å². The monoisotopic (exact) mass is 504 g/mol. The summed E-state index contributed by atoms with van der Waals surface area (Å²) in [6.07, 6.45) is 0. The molecule has 140 valence electrons. The molecule has 0 aliphatic carbocycles. The third-order valence-corrected chi connectivity index (χ3v) is 6.01. The number of hydrogen-bond donors (Lipinski definition) is 1. The molecule has 1 aromatic heterocycles. The summed E-state index contributed by atoms with van der Waals surface area (Å²) in [7, 11) is 0. The van der Waals surface area contributed by atoms with Gasteiger partial charge in [-0.15, -0.1) is 0 Å². The van der Waals surface area contributed by atoms with Gasteiger partial charge in [-0.3, -0.25) is 9.78 Å². The van der Waals surface area contributed by atoms with E-state index in [-0.39, 0.29) is 11.3 Å². The molecule has 1 heterocycles. The largest absolute Gasteiger partial charge is 0.477 e. The lowest BCUT2D eigenvalue weighted by molar-refractivity contribution is -0.0984. The fourth-order valence-corrected chi connectivity index (χ4v) is 3.54. The van der Waals surface area contributed by atoms with Crippen molar-refractivity contribution in [2.45, 2.75) is 0 Å². The van der Waals surface area contributed by atoms with E-state index >= 15 is 0 Å². The Labute approximate surface area is 174 Å². The van der Waals surface area contributed by atoms with E-state index in [4.69, 9.17) is 19.3 Å². The van der Waals surface area contributed by atoms with E-state index < -0.39 is 17.2 Å². The summed E-state index contributed by atoms with van der Waals surface area (Å²) in [5, 5.41) is 11.3. The van der Waals surface area contributed by atoms with Crippen molar-refractivity contribution < 1.29 is 24.1 Å². The summed E-state index contributed by atoms with van der Waals surface area (Å²) in [6.45, 7) is 0. The fourth-order valence-electron chi connectivity index (χ4n) is 2.76. The highest BCUT2D eigenvalue weighted by Crippen LogP contribution is 2.40. The van der Waals surface area contributed by atoms with Gasteiger partial charge in [0.2, 0.25) is 5.75 Å². The average Bonchev–Trinajstić information content (AvgIpc) is 2.68. The lowest BCUT2D eigenvalue weighted by Gasteiger charge is -2.12. The van der Waals surface area contributed by atoms with Crippen LogP contribution in [0.4, 0.5) is 0 Å². The molecule has 0 saturated heterocycles. The molecule has 3 aromatic carbocycles. The molecule has 0 fully saturated rings. The Kier molecular flexibility index (Phi) is 4.82. The van der Waals surface area contributed by atoms with Crippen LogP contribution in [0.3, 0.4) is 0 Å². The first kappa shape index (κ1) is 18.5. The molecule has 0 aliphatic heterocycles. The number of aromatic carboxylic acids is 1. The summed E-state index contributed by atoms with van der Waals surface area (Å²) in [4.78, 5) is 34.3. The molecule has 1 N–H and O–H groups in total. The van der Waals surface area contributed by atoms with Gasteiger partial charge >= 0.3 is 11.6 Å². The summed E-state index contributed by atoms with van der Waals surface area (Å²) >= 11 is 6.73. The zero-order valence-corrected chi connectivity index (χ0v) is 17.1. The van der Waals surface area contributed by atoms with Gasteiger partial charge in [-0.1, -0.05) is 36.4 Å². The van der Waals surface area contributed by atoms with Crippen molar-refractivity contribution in [3.05, 3.63) is 79.5 Å². The van der Waals surface area contributed by atoms with Crippen LogP contribution in [0.5, 0.6) is 11.5 Å². The molecule has 8 heteroatoms. The minimum Gasteiger partial charge on any atom is -0.477 e. The maximum atomic E-state index is 12.0. The van der Waals surface area contributed by atoms with Crippen molar-refractivity contribution in [3.63, 3.8) is 0 Å². The third kappa shape index (κ3) is 3.25. The Bertz CT molecular complexity index is 1290. The van der Waals surface area contributed by atoms with E-state index in [1.165, 1.54) is 6.07 Å². The number of benzene rings is 3. The van der Waals surface area contributed by atoms with E-state index in [1.807, 2.05) is 36.4 Å². The SMILES string of the molecule is O=C(O)c1cc2cc(Br)c(Br)c(OOc3cccc4ccccc34)c2oc1=O. The number of rotatable bonds is 4. The number of carboxylic acids is 1. The molecular formula is C20H10Br2O6. The molecule has 0 saturated carbocycles. The predicted molar refractivity (Wildman–Crippen MR) is 110 cm³/mol. The first-order valence-corrected chi connectivity index (χ1v) is 9.56. The van der Waals surface area contributed by atoms with Gasteiger partial charge in [-0.2, -0.15) is 0 Å². The molecule has 4 rings (SSSR count). The topological polar surface area (TPSA) is 86.0 Å². The van der Waals surface area contributed by atoms with Crippen LogP contribution in [0.25, 0.3) is 21.7 Å². The van der Waals surface area contributed by atoms with Crippen LogP contribution in [0.15, 0.2) is 72.8 Å². The predicted octanol–water partition coefficient (Wildman–Crippen LogP) is 5.54. The van der Waals surface area contributed by atoms with E-state index in [0.29, 0.717) is 20.1 Å². The number of hydrogen-bond acceptors (Lipinski definition) is 5. The number of carboxylic acid groups (broad SMARTS) is 1. The standard InChI is InChI=1S/C20H10Br2O6/c21-14-9-11-8-13(19(23)24)20(25)26-17(11)18(16(14)22)28-27-15-7-3-5-10-4-1-2-6-12(10)15/h1-9H,(H,23,24). The van der Waals surface area contributed by atoms with Crippen molar-refractivity contribution in [1.29, 1.82) is 0 Å². The average molecular weight is 506 g/mol. The normalized spacial score (nSPS) is 10.9. The molecule has 0 spiro atoms. The Balaban J connectivity index is 1.81. The van der Waals surface area contributed by atoms with Crippen LogP contribution in [-0.2, 0) is 0 Å². The highest BCUT2D eigenvalue weighted by atomic mass is 79.9. The van der Waals surface area contributed by atoms with E-state index in [0.717, 1.165) is 10.8 Å². The Morgan fingerprint density at radius 2 is 1.71 bits per heavy atom. The summed E-state index contributed by atoms with van der Waals surface area (Å²) in [5.41, 5.74) is -1.39. The van der Waals surface area contributed by atoms with E-state index in [1.54, 1.807) is 12.1 Å². The molecule has 6 nitrogen and oxygen atoms in total. The minimum absolute atomic E-state index is 0.0605. The molecule has 0 unspecified atom stereocenters. The van der Waals surface area contributed by atoms with Gasteiger partial charge in [-0.05, 0) is 55.4 Å². The molecule has 4 aromatic rings. The summed E-state index contributed by atoms with van der Waals surface area (Å²) in [5.74, 6) is -0.793. The lowest BCUT2D eigenvalue weighted by atomic mass is 10.1. The van der Waals surface area contributed by atoms with Gasteiger partial charge in [0.15, 0.2) is 11.3 Å². The van der Waals surface area contributed by atoms with Crippen molar-refractivity contribution in [1.82, 2.24) is 0 Å². The van der Waals surface area contributed by atoms with Crippen LogP contribution < -0.4 is 15.4 Å². The van der Waals surface area contributed by atoms with E-state index in [2.05, 4.69) is 31.9 Å². The van der Waals surface area contributed by atoms with Gasteiger partial charge in [0.05, 0.1) is 4.47 Å². The van der Waals surface area contributed by atoms with Crippen molar-refractivity contribution in [2.75, 3.05) is 0 Å². The smallest absolute Gasteiger partial charge is 0.351 e. The second-order valence-corrected chi connectivity index (χ2v) is 7.46. The molecule has 28 heavy (non-hydrogen) atoms. The maximum Gasteiger partial charge on any atom is 0.351 e. The summed E-state index contributed by atoms with van der Waals surface area (Å²) < 4.78 is 6.23. The van der Waals surface area contributed by atoms with Crippen molar-refractivity contribution in [3.8, 4) is 11.5 Å². The molecule has 0 radical (unpaired) electrons. The zero-order chi connectivity index (χ0) is 19.8. The molecule has 0 atom stereocenters. The number of halogens is 2. The fraction of sp³-hybridized carbons (Fsp3) is 0. The lowest BCUT2D eigenvalue weighted by Crippen LogP contribution is -2.13. The van der Waals surface area contributed by atoms with Crippen molar-refractivity contribution in [2.24, 2.45) is 0 Å². The number of carbonyl (C=O) groups is 1. The molecule has 0 aliphatic rings. The van der Waals surface area contributed by atoms with Crippen LogP contribution >= 0.6 is 31.9 Å². The van der Waals surface area contributed by atoms with Crippen LogP contribution in [0, 0.1) is 0 Å². The van der Waals surface area contributed by atoms with Gasteiger partial charge in [0.25, 0.3) is 0 Å². The first-order valence-electron chi connectivity index (χ1n) is 7.97. The quantitative estimate of drug-likeness (QED) is 0.222. The Hall–Kier alpha value is -2.84. The molecule has 0 amide bonds. The van der Waals surface area contributed by atoms with Gasteiger partial charge in [0.1, 0.15) is 5.56 Å². The minimum atomic E-state index is -1.37. The first-order chi connectivity index (χ1) is 13.5. The van der Waals surface area contributed by atoms with Gasteiger partial charge in [0, 0.05) is 15.2 Å². The second-order valence-electron chi connectivity index (χ2n) is 5.82. The third-order valence-electron chi connectivity index (χ3n) is 4.07. The van der Waals surface area contributed by atoms with Crippen LogP contribution in [-0.4, -0.2) is 11.1 Å². The number of fused-ring (bicyclic) bond motifs is 2. The highest BCUT2D eigenvalue weighted by molar-refractivity contribution is 9.13. The molecular weight excluding hydrogens is 496 g/mol. The highest BCUT2D eigenvalue weighted by Gasteiger charge is 2.20. The van der Waals surface area contributed by atoms with E-state index in [9.17, 15) is 9.59 Å². The summed E-state index contributed by atoms with van der Waals surface area (Å²) in [6, 6.07) is 16.0. The zero-order valence-electron chi connectivity index (χ0n) is 13.9. The molecule has 0 bridgehead atoms.